The lowest BCUT2D eigenvalue weighted by Crippen LogP contribution is -2.38. The van der Waals surface area contributed by atoms with Gasteiger partial charge in [-0.25, -0.2) is 4.98 Å². The number of nitrogens with one attached hydrogen (secondary N) is 1. The van der Waals surface area contributed by atoms with Crippen molar-refractivity contribution in [2.45, 2.75) is 66.0 Å². The van der Waals surface area contributed by atoms with Crippen LogP contribution in [0.5, 0.6) is 5.88 Å². The van der Waals surface area contributed by atoms with Crippen LogP contribution in [0.1, 0.15) is 63.5 Å². The highest BCUT2D eigenvalue weighted by molar-refractivity contribution is 7.13. The number of nitrogens with zero attached hydrogens (tertiary/aromatic N) is 3. The molecular formula is C35H52N4O8S. The van der Waals surface area contributed by atoms with Gasteiger partial charge in [0.15, 0.2) is 5.76 Å². The zero-order valence-electron chi connectivity index (χ0n) is 29.0. The van der Waals surface area contributed by atoms with E-state index in [0.717, 1.165) is 30.6 Å². The van der Waals surface area contributed by atoms with Gasteiger partial charge < -0.3 is 38.4 Å². The Bertz CT molecular complexity index is 1320. The molecule has 1 fully saturated rings. The lowest BCUT2D eigenvalue weighted by Gasteiger charge is -2.27. The van der Waals surface area contributed by atoms with Gasteiger partial charge in [-0.1, -0.05) is 38.1 Å². The minimum absolute atomic E-state index is 0.106. The molecule has 2 atom stereocenters. The van der Waals surface area contributed by atoms with Gasteiger partial charge in [-0.3, -0.25) is 9.59 Å². The van der Waals surface area contributed by atoms with Crippen LogP contribution >= 0.6 is 11.3 Å². The Balaban J connectivity index is 0.000000324. The molecule has 12 nitrogen and oxygen atoms in total. The van der Waals surface area contributed by atoms with Crippen molar-refractivity contribution in [1.82, 2.24) is 20.4 Å². The molecule has 13 heteroatoms. The van der Waals surface area contributed by atoms with Crippen molar-refractivity contribution in [1.29, 1.82) is 0 Å². The first kappa shape index (κ1) is 39.1. The van der Waals surface area contributed by atoms with Crippen LogP contribution in [0.2, 0.25) is 0 Å². The third kappa shape index (κ3) is 13.3. The summed E-state index contributed by atoms with van der Waals surface area (Å²) in [6.07, 6.45) is 2.81. The maximum Gasteiger partial charge on any atom is 0.254 e. The summed E-state index contributed by atoms with van der Waals surface area (Å²) in [7, 11) is 0. The lowest BCUT2D eigenvalue weighted by molar-refractivity contribution is -0.134. The Morgan fingerprint density at radius 2 is 1.69 bits per heavy atom. The number of benzene rings is 1. The molecule has 0 radical (unpaired) electrons. The Morgan fingerprint density at radius 1 is 1.04 bits per heavy atom. The molecule has 1 aromatic carbocycles. The molecule has 266 valence electrons. The van der Waals surface area contributed by atoms with E-state index in [0.29, 0.717) is 84.1 Å². The van der Waals surface area contributed by atoms with E-state index in [1.54, 1.807) is 17.4 Å². The molecular weight excluding hydrogens is 636 g/mol. The number of amides is 2. The Labute approximate surface area is 288 Å². The second-order valence-corrected chi connectivity index (χ2v) is 12.5. The topological polar surface area (TPSA) is 134 Å². The first-order valence-electron chi connectivity index (χ1n) is 16.7. The third-order valence-corrected chi connectivity index (χ3v) is 8.71. The zero-order chi connectivity index (χ0) is 34.6. The molecule has 48 heavy (non-hydrogen) atoms. The third-order valence-electron chi connectivity index (χ3n) is 7.73. The molecule has 4 rings (SSSR count). The van der Waals surface area contributed by atoms with E-state index in [1.807, 2.05) is 50.2 Å². The maximum absolute atomic E-state index is 13.0. The Hall–Kier alpha value is -3.36. The molecule has 2 amide bonds. The summed E-state index contributed by atoms with van der Waals surface area (Å²) in [4.78, 5) is 30.6. The van der Waals surface area contributed by atoms with E-state index in [9.17, 15) is 9.59 Å². The van der Waals surface area contributed by atoms with E-state index >= 15 is 0 Å². The molecule has 0 aliphatic carbocycles. The van der Waals surface area contributed by atoms with Crippen LogP contribution in [0.25, 0.3) is 10.4 Å². The fraction of sp³-hybridized carbons (Fsp3) is 0.600. The van der Waals surface area contributed by atoms with Crippen molar-refractivity contribution >= 4 is 23.7 Å². The fourth-order valence-electron chi connectivity index (χ4n) is 5.18. The van der Waals surface area contributed by atoms with Gasteiger partial charge >= 0.3 is 0 Å². The number of likely N-dealkylation sites (tertiary alicyclic amines) is 1. The number of carbonyl (C=O) groups excluding carboxylic acids is 2. The molecule has 2 aromatic heterocycles. The molecule has 1 saturated heterocycles. The second-order valence-electron chi connectivity index (χ2n) is 11.7. The normalized spacial score (nSPS) is 14.9. The number of rotatable bonds is 21. The number of aromatic nitrogens is 2. The smallest absolute Gasteiger partial charge is 0.254 e. The van der Waals surface area contributed by atoms with E-state index in [1.165, 1.54) is 10.4 Å². The highest BCUT2D eigenvalue weighted by atomic mass is 32.1. The molecule has 0 saturated carbocycles. The number of aryl methyl sites for hydroxylation is 1. The number of ether oxygens (including phenoxy) is 5. The van der Waals surface area contributed by atoms with Crippen molar-refractivity contribution in [2.75, 3.05) is 66.0 Å². The predicted octanol–water partition coefficient (Wildman–Crippen LogP) is 5.25. The van der Waals surface area contributed by atoms with Crippen LogP contribution < -0.4 is 10.1 Å². The summed E-state index contributed by atoms with van der Waals surface area (Å²) in [6.45, 7) is 16.2. The van der Waals surface area contributed by atoms with E-state index in [4.69, 9.17) is 28.2 Å². The zero-order valence-corrected chi connectivity index (χ0v) is 29.8. The monoisotopic (exact) mass is 688 g/mol. The average molecular weight is 689 g/mol. The van der Waals surface area contributed by atoms with E-state index in [-0.39, 0.29) is 23.8 Å². The Morgan fingerprint density at radius 3 is 2.23 bits per heavy atom. The number of hydrogen-bond donors (Lipinski definition) is 1. The van der Waals surface area contributed by atoms with Crippen LogP contribution in [0.4, 0.5) is 0 Å². The van der Waals surface area contributed by atoms with Gasteiger partial charge in [-0.2, -0.15) is 0 Å². The first-order chi connectivity index (χ1) is 23.3. The van der Waals surface area contributed by atoms with Crippen LogP contribution in [-0.2, 0) is 35.1 Å². The molecule has 1 aliphatic rings. The Kier molecular flexibility index (Phi) is 18.2. The summed E-state index contributed by atoms with van der Waals surface area (Å²) < 4.78 is 32.5. The highest BCUT2D eigenvalue weighted by Gasteiger charge is 2.35. The molecule has 1 aliphatic heterocycles. The lowest BCUT2D eigenvalue weighted by atomic mass is 9.91. The maximum atomic E-state index is 13.0. The highest BCUT2D eigenvalue weighted by Crippen LogP contribution is 2.32. The van der Waals surface area contributed by atoms with Crippen LogP contribution in [0, 0.1) is 12.8 Å². The summed E-state index contributed by atoms with van der Waals surface area (Å²) in [6, 6.07) is 10.1. The molecule has 3 heterocycles. The van der Waals surface area contributed by atoms with Gasteiger partial charge in [0.2, 0.25) is 12.3 Å². The quantitative estimate of drug-likeness (QED) is 0.117. The van der Waals surface area contributed by atoms with Crippen molar-refractivity contribution in [2.24, 2.45) is 5.92 Å². The van der Waals surface area contributed by atoms with Crippen LogP contribution in [0.15, 0.2) is 40.4 Å². The van der Waals surface area contributed by atoms with Crippen LogP contribution in [0.3, 0.4) is 0 Å². The van der Waals surface area contributed by atoms with Crippen LogP contribution in [-0.4, -0.2) is 99.4 Å². The summed E-state index contributed by atoms with van der Waals surface area (Å²) in [5, 5.41) is 6.61. The van der Waals surface area contributed by atoms with Gasteiger partial charge in [0.25, 0.3) is 5.88 Å². The number of thiazole rings is 1. The standard InChI is InChI=1S/C23H40N2O7.C12H12N2OS/c1-5-27-9-10-28-11-12-29-13-14-30-15-16-31-21-17-20(32-24-21)22(18(2)3)23(26)25-8-6-7-19(25)4;1-9-12(16-8-14-9)11-4-2-10(3-5-11)6-13-7-15/h17-19,22H,5-16H2,1-4H3;2-5,7-8H,6H2,1H3,(H,13,15). The molecule has 0 bridgehead atoms. The van der Waals surface area contributed by atoms with Gasteiger partial charge in [-0.15, -0.1) is 11.3 Å². The molecule has 0 spiro atoms. The summed E-state index contributed by atoms with van der Waals surface area (Å²) in [5.41, 5.74) is 5.18. The van der Waals surface area contributed by atoms with Gasteiger partial charge in [0, 0.05) is 31.8 Å². The molecule has 2 unspecified atom stereocenters. The summed E-state index contributed by atoms with van der Waals surface area (Å²) >= 11 is 1.64. The minimum atomic E-state index is -0.350. The SMILES string of the molecule is CCOCCOCCOCCOCCOc1cc(C(C(=O)N2CCCC2C)C(C)C)on1.Cc1ncsc1-c1ccc(CNC=O)cc1. The van der Waals surface area contributed by atoms with Gasteiger partial charge in [0.1, 0.15) is 12.5 Å². The van der Waals surface area contributed by atoms with Crippen molar-refractivity contribution in [3.63, 3.8) is 0 Å². The van der Waals surface area contributed by atoms with Gasteiger partial charge in [-0.05, 0) is 55.8 Å². The van der Waals surface area contributed by atoms with Crippen molar-refractivity contribution in [3.05, 3.63) is 52.9 Å². The molecule has 3 aromatic rings. The first-order valence-corrected chi connectivity index (χ1v) is 17.6. The van der Waals surface area contributed by atoms with Gasteiger partial charge in [0.05, 0.1) is 62.3 Å². The van der Waals surface area contributed by atoms with E-state index in [2.05, 4.69) is 34.5 Å². The summed E-state index contributed by atoms with van der Waals surface area (Å²) in [5.74, 6) is 0.788. The average Bonchev–Trinajstić information content (AvgIpc) is 3.84. The number of carbonyl (C=O) groups is 2. The number of hydrogen-bond acceptors (Lipinski definition) is 11. The van der Waals surface area contributed by atoms with Crippen molar-refractivity contribution in [3.8, 4) is 16.3 Å². The largest absolute Gasteiger partial charge is 0.473 e. The van der Waals surface area contributed by atoms with Crippen molar-refractivity contribution < 1.29 is 37.8 Å². The fourth-order valence-corrected chi connectivity index (χ4v) is 5.99. The predicted molar refractivity (Wildman–Crippen MR) is 184 cm³/mol. The van der Waals surface area contributed by atoms with E-state index < -0.39 is 0 Å². The second kappa shape index (κ2) is 22.3. The minimum Gasteiger partial charge on any atom is -0.473 e. The molecule has 1 N–H and O–H groups in total.